The molecule has 0 aromatic heterocycles. The van der Waals surface area contributed by atoms with Crippen molar-refractivity contribution in [2.24, 2.45) is 10.2 Å². The van der Waals surface area contributed by atoms with E-state index in [9.17, 15) is 9.59 Å². The summed E-state index contributed by atoms with van der Waals surface area (Å²) in [6.45, 7) is 0. The largest absolute Gasteiger partial charge is 0.497 e. The van der Waals surface area contributed by atoms with Crippen LogP contribution >= 0.6 is 0 Å². The average Bonchev–Trinajstić information content (AvgIpc) is 2.81. The molecule has 0 fully saturated rings. The van der Waals surface area contributed by atoms with E-state index in [0.717, 1.165) is 48.3 Å². The molecule has 0 radical (unpaired) electrons. The van der Waals surface area contributed by atoms with Crippen molar-refractivity contribution in [1.82, 2.24) is 10.9 Å². The number of benzene rings is 2. The van der Waals surface area contributed by atoms with E-state index in [1.54, 1.807) is 26.6 Å². The number of nitrogens with zero attached hydrogens (tertiary/aromatic N) is 2. The Morgan fingerprint density at radius 1 is 0.750 bits per heavy atom. The normalized spacial score (nSPS) is 10.9. The maximum Gasteiger partial charge on any atom is 0.240 e. The number of hydrogen-bond acceptors (Lipinski definition) is 6. The number of amides is 2. The first-order chi connectivity index (χ1) is 15.6. The Kier molecular flexibility index (Phi) is 11.0. The summed E-state index contributed by atoms with van der Waals surface area (Å²) < 4.78 is 10.3. The Bertz CT molecular complexity index is 852. The van der Waals surface area contributed by atoms with Crippen molar-refractivity contribution in [2.45, 2.75) is 38.5 Å². The van der Waals surface area contributed by atoms with Crippen LogP contribution in [0.4, 0.5) is 0 Å². The van der Waals surface area contributed by atoms with Crippen LogP contribution in [0.25, 0.3) is 0 Å². The van der Waals surface area contributed by atoms with Gasteiger partial charge in [-0.25, -0.2) is 10.9 Å². The lowest BCUT2D eigenvalue weighted by atomic mass is 10.1. The van der Waals surface area contributed by atoms with E-state index < -0.39 is 0 Å². The molecule has 0 saturated carbocycles. The van der Waals surface area contributed by atoms with E-state index in [0.29, 0.717) is 12.8 Å². The highest BCUT2D eigenvalue weighted by molar-refractivity contribution is 5.83. The molecule has 2 amide bonds. The van der Waals surface area contributed by atoms with E-state index in [-0.39, 0.29) is 11.8 Å². The Hall–Kier alpha value is -3.68. The maximum absolute atomic E-state index is 11.8. The minimum atomic E-state index is -0.131. The van der Waals surface area contributed by atoms with E-state index >= 15 is 0 Å². The molecule has 0 spiro atoms. The van der Waals surface area contributed by atoms with Gasteiger partial charge >= 0.3 is 0 Å². The van der Waals surface area contributed by atoms with Crippen LogP contribution in [-0.2, 0) is 9.59 Å². The number of methoxy groups -OCH3 is 2. The Morgan fingerprint density at radius 2 is 1.19 bits per heavy atom. The molecule has 0 atom stereocenters. The van der Waals surface area contributed by atoms with Gasteiger partial charge in [0.15, 0.2) is 0 Å². The van der Waals surface area contributed by atoms with Gasteiger partial charge in [-0.3, -0.25) is 9.59 Å². The summed E-state index contributed by atoms with van der Waals surface area (Å²) in [4.78, 5) is 23.7. The lowest BCUT2D eigenvalue weighted by molar-refractivity contribution is -0.122. The van der Waals surface area contributed by atoms with Gasteiger partial charge in [-0.05, 0) is 48.2 Å². The molecule has 0 heterocycles. The lowest BCUT2D eigenvalue weighted by Crippen LogP contribution is -2.17. The van der Waals surface area contributed by atoms with Gasteiger partial charge < -0.3 is 9.47 Å². The van der Waals surface area contributed by atoms with Gasteiger partial charge in [-0.15, -0.1) is 0 Å². The monoisotopic (exact) mass is 438 g/mol. The quantitative estimate of drug-likeness (QED) is 0.283. The van der Waals surface area contributed by atoms with Gasteiger partial charge in [-0.2, -0.15) is 10.2 Å². The number of nitrogens with one attached hydrogen (secondary N) is 2. The minimum absolute atomic E-state index is 0.131. The molecule has 2 aromatic carbocycles. The third-order valence-corrected chi connectivity index (χ3v) is 4.55. The smallest absolute Gasteiger partial charge is 0.240 e. The molecule has 8 heteroatoms. The Morgan fingerprint density at radius 3 is 1.59 bits per heavy atom. The zero-order valence-corrected chi connectivity index (χ0v) is 18.5. The molecular weight excluding hydrogens is 408 g/mol. The molecule has 2 aromatic rings. The maximum atomic E-state index is 11.8. The number of rotatable bonds is 13. The zero-order chi connectivity index (χ0) is 23.0. The molecule has 2 N–H and O–H groups in total. The van der Waals surface area contributed by atoms with Crippen LogP contribution in [-0.4, -0.2) is 38.5 Å². The minimum Gasteiger partial charge on any atom is -0.497 e. The summed E-state index contributed by atoms with van der Waals surface area (Å²) in [7, 11) is 3.20. The van der Waals surface area contributed by atoms with Crippen LogP contribution in [0.5, 0.6) is 11.5 Å². The third kappa shape index (κ3) is 9.88. The number of unbranched alkanes of at least 4 members (excludes halogenated alkanes) is 3. The first kappa shape index (κ1) is 24.6. The van der Waals surface area contributed by atoms with Crippen LogP contribution in [0.15, 0.2) is 58.7 Å². The van der Waals surface area contributed by atoms with Crippen molar-refractivity contribution in [1.29, 1.82) is 0 Å². The fourth-order valence-electron chi connectivity index (χ4n) is 2.84. The Balaban J connectivity index is 1.52. The summed E-state index contributed by atoms with van der Waals surface area (Å²) in [6, 6.07) is 14.8. The van der Waals surface area contributed by atoms with Crippen molar-refractivity contribution in [2.75, 3.05) is 14.2 Å². The molecule has 32 heavy (non-hydrogen) atoms. The molecule has 0 bridgehead atoms. The second-order valence-electron chi connectivity index (χ2n) is 7.05. The predicted molar refractivity (Wildman–Crippen MR) is 125 cm³/mol. The number of carbonyl (C=O) groups excluding carboxylic acids is 2. The van der Waals surface area contributed by atoms with Crippen molar-refractivity contribution >= 4 is 24.2 Å². The highest BCUT2D eigenvalue weighted by atomic mass is 16.5. The van der Waals surface area contributed by atoms with E-state index in [4.69, 9.17) is 9.47 Å². The number of ether oxygens (including phenoxy) is 2. The SMILES string of the molecule is COc1cccc(C=NNC(=O)CCCCCCC(=O)NN=Cc2cccc(OC)c2)c1. The topological polar surface area (TPSA) is 101 Å². The lowest BCUT2D eigenvalue weighted by Gasteiger charge is -2.02. The van der Waals surface area contributed by atoms with Crippen LogP contribution in [0.1, 0.15) is 49.7 Å². The molecular formula is C24H30N4O4. The summed E-state index contributed by atoms with van der Waals surface area (Å²) in [5.74, 6) is 1.21. The summed E-state index contributed by atoms with van der Waals surface area (Å²) in [5.41, 5.74) is 6.73. The average molecular weight is 439 g/mol. The fraction of sp³-hybridized carbons (Fsp3) is 0.333. The second kappa shape index (κ2) is 14.3. The molecule has 0 aliphatic carbocycles. The van der Waals surface area contributed by atoms with Crippen molar-refractivity contribution in [3.8, 4) is 11.5 Å². The highest BCUT2D eigenvalue weighted by Gasteiger charge is 2.02. The van der Waals surface area contributed by atoms with E-state index in [2.05, 4.69) is 21.1 Å². The molecule has 8 nitrogen and oxygen atoms in total. The standard InChI is InChI=1S/C24H30N4O4/c1-31-21-11-7-9-19(15-21)17-25-27-23(29)13-5-3-4-6-14-24(30)28-26-18-20-10-8-12-22(16-20)32-2/h7-12,15-18H,3-6,13-14H2,1-2H3,(H,27,29)(H,28,30). The molecule has 170 valence electrons. The van der Waals surface area contributed by atoms with E-state index in [1.165, 1.54) is 0 Å². The summed E-state index contributed by atoms with van der Waals surface area (Å²) in [6.07, 6.45) is 7.18. The van der Waals surface area contributed by atoms with Gasteiger partial charge in [0.2, 0.25) is 11.8 Å². The van der Waals surface area contributed by atoms with Crippen LogP contribution in [0.2, 0.25) is 0 Å². The van der Waals surface area contributed by atoms with Crippen LogP contribution in [0, 0.1) is 0 Å². The number of carbonyl (C=O) groups is 2. The molecule has 0 unspecified atom stereocenters. The van der Waals surface area contributed by atoms with Crippen molar-refractivity contribution in [3.05, 3.63) is 59.7 Å². The zero-order valence-electron chi connectivity index (χ0n) is 18.5. The van der Waals surface area contributed by atoms with Gasteiger partial charge in [-0.1, -0.05) is 37.1 Å². The summed E-state index contributed by atoms with van der Waals surface area (Å²) >= 11 is 0. The Labute approximate surface area is 188 Å². The van der Waals surface area contributed by atoms with E-state index in [1.807, 2.05) is 48.5 Å². The van der Waals surface area contributed by atoms with Crippen LogP contribution < -0.4 is 20.3 Å². The second-order valence-corrected chi connectivity index (χ2v) is 7.05. The van der Waals surface area contributed by atoms with Crippen molar-refractivity contribution in [3.63, 3.8) is 0 Å². The van der Waals surface area contributed by atoms with Gasteiger partial charge in [0.05, 0.1) is 26.6 Å². The molecule has 0 aliphatic heterocycles. The molecule has 0 aliphatic rings. The van der Waals surface area contributed by atoms with Crippen molar-refractivity contribution < 1.29 is 19.1 Å². The van der Waals surface area contributed by atoms with Gasteiger partial charge in [0, 0.05) is 12.8 Å². The number of hydrazone groups is 2. The van der Waals surface area contributed by atoms with Gasteiger partial charge in [0.25, 0.3) is 0 Å². The van der Waals surface area contributed by atoms with Gasteiger partial charge in [0.1, 0.15) is 11.5 Å². The molecule has 2 rings (SSSR count). The first-order valence-corrected chi connectivity index (χ1v) is 10.5. The summed E-state index contributed by atoms with van der Waals surface area (Å²) in [5, 5.41) is 7.92. The third-order valence-electron chi connectivity index (χ3n) is 4.55. The molecule has 0 saturated heterocycles. The highest BCUT2D eigenvalue weighted by Crippen LogP contribution is 2.11. The predicted octanol–water partition coefficient (Wildman–Crippen LogP) is 3.64. The first-order valence-electron chi connectivity index (χ1n) is 10.5. The van der Waals surface area contributed by atoms with Crippen LogP contribution in [0.3, 0.4) is 0 Å². The number of hydrogen-bond donors (Lipinski definition) is 2. The fourth-order valence-corrected chi connectivity index (χ4v) is 2.84.